The number of benzene rings is 2. The Kier molecular flexibility index (Phi) is 4.32. The molecule has 1 heteroatoms. The molecular formula is C17H18O. The van der Waals surface area contributed by atoms with Crippen molar-refractivity contribution < 1.29 is 5.11 Å². The molecule has 0 heterocycles. The zero-order chi connectivity index (χ0) is 12.8. The molecule has 0 amide bonds. The highest BCUT2D eigenvalue weighted by molar-refractivity contribution is 5.50. The van der Waals surface area contributed by atoms with Crippen LogP contribution in [0.2, 0.25) is 0 Å². The summed E-state index contributed by atoms with van der Waals surface area (Å²) in [6.07, 6.45) is 4.03. The van der Waals surface area contributed by atoms with E-state index in [-0.39, 0.29) is 0 Å². The van der Waals surface area contributed by atoms with Gasteiger partial charge in [0.25, 0.3) is 0 Å². The average Bonchev–Trinajstić information content (AvgIpc) is 2.39. The third kappa shape index (κ3) is 3.86. The van der Waals surface area contributed by atoms with Crippen LogP contribution in [0.3, 0.4) is 0 Å². The number of aliphatic hydroxyl groups is 1. The van der Waals surface area contributed by atoms with E-state index in [4.69, 9.17) is 0 Å². The molecule has 0 aromatic heterocycles. The minimum atomic E-state index is -0.436. The molecule has 2 aromatic rings. The number of rotatable bonds is 4. The molecule has 2 rings (SSSR count). The van der Waals surface area contributed by atoms with Crippen molar-refractivity contribution in [3.8, 4) is 0 Å². The number of hydrogen-bond acceptors (Lipinski definition) is 1. The Bertz CT molecular complexity index is 497. The third-order valence-corrected chi connectivity index (χ3v) is 2.88. The molecule has 92 valence electrons. The van der Waals surface area contributed by atoms with E-state index in [1.807, 2.05) is 42.5 Å². The summed E-state index contributed by atoms with van der Waals surface area (Å²) < 4.78 is 0. The maximum Gasteiger partial charge on any atom is 0.0764 e. The Morgan fingerprint density at radius 3 is 2.33 bits per heavy atom. The first-order valence-electron chi connectivity index (χ1n) is 6.21. The maximum absolute atomic E-state index is 9.93. The molecule has 0 aliphatic heterocycles. The molecule has 0 saturated carbocycles. The topological polar surface area (TPSA) is 20.2 Å². The maximum atomic E-state index is 9.93. The highest BCUT2D eigenvalue weighted by Crippen LogP contribution is 2.08. The van der Waals surface area contributed by atoms with Crippen LogP contribution in [-0.4, -0.2) is 11.2 Å². The largest absolute Gasteiger partial charge is 0.389 e. The minimum Gasteiger partial charge on any atom is -0.389 e. The lowest BCUT2D eigenvalue weighted by atomic mass is 10.1. The van der Waals surface area contributed by atoms with Gasteiger partial charge in [0.1, 0.15) is 0 Å². The van der Waals surface area contributed by atoms with Crippen LogP contribution >= 0.6 is 0 Å². The summed E-state index contributed by atoms with van der Waals surface area (Å²) in [5.41, 5.74) is 3.52. The van der Waals surface area contributed by atoms with E-state index in [1.165, 1.54) is 5.56 Å². The molecule has 0 aliphatic carbocycles. The highest BCUT2D eigenvalue weighted by atomic mass is 16.3. The second-order valence-electron chi connectivity index (χ2n) is 4.53. The Labute approximate surface area is 108 Å². The molecule has 18 heavy (non-hydrogen) atoms. The van der Waals surface area contributed by atoms with Crippen LogP contribution in [0, 0.1) is 6.92 Å². The molecule has 0 aliphatic rings. The van der Waals surface area contributed by atoms with Gasteiger partial charge in [0.05, 0.1) is 6.10 Å². The van der Waals surface area contributed by atoms with E-state index in [9.17, 15) is 5.11 Å². The SMILES string of the molecule is Cc1ccc(/C=C\C(O)Cc2ccccc2)cc1. The Morgan fingerprint density at radius 2 is 1.67 bits per heavy atom. The summed E-state index contributed by atoms with van der Waals surface area (Å²) >= 11 is 0. The van der Waals surface area contributed by atoms with Crippen LogP contribution in [0.5, 0.6) is 0 Å². The normalized spacial score (nSPS) is 12.8. The zero-order valence-corrected chi connectivity index (χ0v) is 10.6. The van der Waals surface area contributed by atoms with Crippen molar-refractivity contribution in [2.24, 2.45) is 0 Å². The van der Waals surface area contributed by atoms with Crippen molar-refractivity contribution >= 4 is 6.08 Å². The standard InChI is InChI=1S/C17H18O/c1-14-7-9-15(10-8-14)11-12-17(18)13-16-5-3-2-4-6-16/h2-12,17-18H,13H2,1H3/b12-11-. The van der Waals surface area contributed by atoms with Crippen molar-refractivity contribution in [2.45, 2.75) is 19.4 Å². The van der Waals surface area contributed by atoms with Gasteiger partial charge in [-0.3, -0.25) is 0 Å². The van der Waals surface area contributed by atoms with Crippen LogP contribution in [0.4, 0.5) is 0 Å². The van der Waals surface area contributed by atoms with Gasteiger partial charge >= 0.3 is 0 Å². The second kappa shape index (κ2) is 6.18. The monoisotopic (exact) mass is 238 g/mol. The first-order chi connectivity index (χ1) is 8.74. The zero-order valence-electron chi connectivity index (χ0n) is 10.6. The fourth-order valence-corrected chi connectivity index (χ4v) is 1.82. The highest BCUT2D eigenvalue weighted by Gasteiger charge is 2.00. The lowest BCUT2D eigenvalue weighted by Crippen LogP contribution is -2.06. The number of hydrogen-bond donors (Lipinski definition) is 1. The van der Waals surface area contributed by atoms with E-state index in [0.29, 0.717) is 6.42 Å². The predicted molar refractivity (Wildman–Crippen MR) is 76.4 cm³/mol. The molecule has 0 bridgehead atoms. The van der Waals surface area contributed by atoms with E-state index < -0.39 is 6.10 Å². The molecule has 0 radical (unpaired) electrons. The summed E-state index contributed by atoms with van der Waals surface area (Å²) in [6, 6.07) is 18.3. The van der Waals surface area contributed by atoms with Gasteiger partial charge in [-0.05, 0) is 18.1 Å². The first-order valence-corrected chi connectivity index (χ1v) is 6.21. The lowest BCUT2D eigenvalue weighted by Gasteiger charge is -2.05. The van der Waals surface area contributed by atoms with Gasteiger partial charge in [0.2, 0.25) is 0 Å². The molecule has 0 saturated heterocycles. The summed E-state index contributed by atoms with van der Waals surface area (Å²) in [6.45, 7) is 2.07. The summed E-state index contributed by atoms with van der Waals surface area (Å²) in [4.78, 5) is 0. The fraction of sp³-hybridized carbons (Fsp3) is 0.176. The first kappa shape index (κ1) is 12.6. The van der Waals surface area contributed by atoms with Crippen LogP contribution in [0.15, 0.2) is 60.7 Å². The van der Waals surface area contributed by atoms with E-state index in [2.05, 4.69) is 31.2 Å². The van der Waals surface area contributed by atoms with E-state index >= 15 is 0 Å². The van der Waals surface area contributed by atoms with Crippen molar-refractivity contribution in [3.63, 3.8) is 0 Å². The molecule has 1 atom stereocenters. The molecular weight excluding hydrogens is 220 g/mol. The van der Waals surface area contributed by atoms with Gasteiger partial charge in [0, 0.05) is 6.42 Å². The van der Waals surface area contributed by atoms with Crippen molar-refractivity contribution in [1.29, 1.82) is 0 Å². The average molecular weight is 238 g/mol. The second-order valence-corrected chi connectivity index (χ2v) is 4.53. The van der Waals surface area contributed by atoms with Crippen molar-refractivity contribution in [3.05, 3.63) is 77.4 Å². The summed E-state index contributed by atoms with van der Waals surface area (Å²) in [7, 11) is 0. The van der Waals surface area contributed by atoms with Gasteiger partial charge in [-0.2, -0.15) is 0 Å². The Morgan fingerprint density at radius 1 is 1.00 bits per heavy atom. The summed E-state index contributed by atoms with van der Waals surface area (Å²) in [5, 5.41) is 9.93. The molecule has 0 fully saturated rings. The Hall–Kier alpha value is -1.86. The molecule has 0 spiro atoms. The number of aliphatic hydroxyl groups excluding tert-OH is 1. The van der Waals surface area contributed by atoms with E-state index in [0.717, 1.165) is 11.1 Å². The Balaban J connectivity index is 1.95. The smallest absolute Gasteiger partial charge is 0.0764 e. The quantitative estimate of drug-likeness (QED) is 0.862. The van der Waals surface area contributed by atoms with Crippen LogP contribution < -0.4 is 0 Å². The lowest BCUT2D eigenvalue weighted by molar-refractivity contribution is 0.224. The van der Waals surface area contributed by atoms with Gasteiger partial charge in [-0.1, -0.05) is 72.3 Å². The third-order valence-electron chi connectivity index (χ3n) is 2.88. The van der Waals surface area contributed by atoms with Crippen LogP contribution in [-0.2, 0) is 6.42 Å². The molecule has 1 unspecified atom stereocenters. The van der Waals surface area contributed by atoms with Gasteiger partial charge in [-0.25, -0.2) is 0 Å². The van der Waals surface area contributed by atoms with Crippen LogP contribution in [0.25, 0.3) is 6.08 Å². The van der Waals surface area contributed by atoms with Gasteiger partial charge < -0.3 is 5.11 Å². The van der Waals surface area contributed by atoms with Gasteiger partial charge in [0.15, 0.2) is 0 Å². The fourth-order valence-electron chi connectivity index (χ4n) is 1.82. The molecule has 2 aromatic carbocycles. The van der Waals surface area contributed by atoms with E-state index in [1.54, 1.807) is 0 Å². The number of aryl methyl sites for hydroxylation is 1. The summed E-state index contributed by atoms with van der Waals surface area (Å²) in [5.74, 6) is 0. The molecule has 1 N–H and O–H groups in total. The van der Waals surface area contributed by atoms with Crippen molar-refractivity contribution in [2.75, 3.05) is 0 Å². The predicted octanol–water partition coefficient (Wildman–Crippen LogP) is 3.61. The minimum absolute atomic E-state index is 0.436. The van der Waals surface area contributed by atoms with Crippen LogP contribution in [0.1, 0.15) is 16.7 Å². The van der Waals surface area contributed by atoms with Gasteiger partial charge in [-0.15, -0.1) is 0 Å². The molecule has 1 nitrogen and oxygen atoms in total. The van der Waals surface area contributed by atoms with Crippen molar-refractivity contribution in [1.82, 2.24) is 0 Å².